The van der Waals surface area contributed by atoms with Gasteiger partial charge in [0.15, 0.2) is 6.10 Å². The first-order valence-corrected chi connectivity index (χ1v) is 32.3. The lowest BCUT2D eigenvalue weighted by molar-refractivity contribution is -0.870. The largest absolute Gasteiger partial charge is 0.472 e. The maximum absolute atomic E-state index is 12.7. The van der Waals surface area contributed by atoms with Gasteiger partial charge in [0.05, 0.1) is 27.7 Å². The number of carbonyl (C=O) groups is 2. The highest BCUT2D eigenvalue weighted by Gasteiger charge is 2.27. The van der Waals surface area contributed by atoms with Crippen molar-refractivity contribution in [3.63, 3.8) is 0 Å². The number of nitrogens with zero attached hydrogens (tertiary/aromatic N) is 1. The molecule has 9 nitrogen and oxygen atoms in total. The second kappa shape index (κ2) is 52.9. The summed E-state index contributed by atoms with van der Waals surface area (Å²) in [7, 11) is 1.50. The van der Waals surface area contributed by atoms with Gasteiger partial charge in [-0.15, -0.1) is 0 Å². The number of phosphoric ester groups is 1. The van der Waals surface area contributed by atoms with Crippen LogP contribution in [0.2, 0.25) is 0 Å². The molecule has 10 heteroatoms. The Kier molecular flexibility index (Phi) is 52.1. The zero-order valence-corrected chi connectivity index (χ0v) is 48.4. The van der Waals surface area contributed by atoms with E-state index in [9.17, 15) is 19.0 Å². The fourth-order valence-corrected chi connectivity index (χ4v) is 10.1. The molecule has 0 radical (unpaired) electrons. The summed E-state index contributed by atoms with van der Waals surface area (Å²) in [4.78, 5) is 35.6. The summed E-state index contributed by atoms with van der Waals surface area (Å²) in [6.45, 7) is 4.49. The van der Waals surface area contributed by atoms with Gasteiger partial charge in [-0.25, -0.2) is 4.57 Å². The average molecular weight is 1020 g/mol. The molecule has 0 spiro atoms. The van der Waals surface area contributed by atoms with Gasteiger partial charge in [0.25, 0.3) is 0 Å². The van der Waals surface area contributed by atoms with Crippen LogP contribution in [0.5, 0.6) is 0 Å². The topological polar surface area (TPSA) is 108 Å². The zero-order chi connectivity index (χ0) is 51.3. The number of quaternary nitrogens is 1. The summed E-state index contributed by atoms with van der Waals surface area (Å²) in [6, 6.07) is 0. The lowest BCUT2D eigenvalue weighted by Crippen LogP contribution is -2.37. The van der Waals surface area contributed by atoms with E-state index in [1.165, 1.54) is 257 Å². The summed E-state index contributed by atoms with van der Waals surface area (Å²) in [6.07, 6.45) is 60.6. The normalized spacial score (nSPS) is 13.2. The van der Waals surface area contributed by atoms with Gasteiger partial charge in [0.2, 0.25) is 0 Å². The van der Waals surface area contributed by atoms with Crippen molar-refractivity contribution in [1.82, 2.24) is 0 Å². The third-order valence-corrected chi connectivity index (χ3v) is 15.1. The van der Waals surface area contributed by atoms with E-state index < -0.39 is 26.5 Å². The number of phosphoric acid groups is 1. The van der Waals surface area contributed by atoms with E-state index in [0.717, 1.165) is 38.5 Å². The van der Waals surface area contributed by atoms with Crippen LogP contribution in [0.15, 0.2) is 0 Å². The molecule has 0 aromatic carbocycles. The Morgan fingerprint density at radius 1 is 0.386 bits per heavy atom. The molecule has 0 rings (SSSR count). The minimum Gasteiger partial charge on any atom is -0.462 e. The van der Waals surface area contributed by atoms with E-state index in [-0.39, 0.29) is 25.6 Å². The molecule has 0 aromatic heterocycles. The molecule has 0 saturated carbocycles. The van der Waals surface area contributed by atoms with Gasteiger partial charge in [-0.2, -0.15) is 0 Å². The van der Waals surface area contributed by atoms with Gasteiger partial charge in [-0.3, -0.25) is 18.6 Å². The fraction of sp³-hybridized carbons (Fsp3) is 0.967. The summed E-state index contributed by atoms with van der Waals surface area (Å²) >= 11 is 0. The average Bonchev–Trinajstić information content (AvgIpc) is 3.32. The number of carbonyl (C=O) groups excluding carboxylic acids is 2. The molecule has 70 heavy (non-hydrogen) atoms. The Labute approximate surface area is 435 Å². The van der Waals surface area contributed by atoms with Crippen LogP contribution in [0.3, 0.4) is 0 Å². The van der Waals surface area contributed by atoms with E-state index in [1.807, 2.05) is 21.1 Å². The lowest BCUT2D eigenvalue weighted by Gasteiger charge is -2.24. The number of unbranched alkanes of at least 4 members (excludes halogenated alkanes) is 44. The lowest BCUT2D eigenvalue weighted by atomic mass is 10.0. The van der Waals surface area contributed by atoms with Crippen LogP contribution in [0.4, 0.5) is 0 Å². The Hall–Kier alpha value is -0.990. The van der Waals surface area contributed by atoms with Crippen LogP contribution in [-0.2, 0) is 32.7 Å². The van der Waals surface area contributed by atoms with Crippen molar-refractivity contribution in [2.75, 3.05) is 47.5 Å². The summed E-state index contributed by atoms with van der Waals surface area (Å²) in [5.74, 6) is -0.775. The van der Waals surface area contributed by atoms with E-state index >= 15 is 0 Å². The molecule has 0 bridgehead atoms. The highest BCUT2D eigenvalue weighted by atomic mass is 31.2. The molecule has 0 aliphatic rings. The van der Waals surface area contributed by atoms with E-state index in [1.54, 1.807) is 0 Å². The third-order valence-electron chi connectivity index (χ3n) is 14.1. The van der Waals surface area contributed by atoms with Crippen LogP contribution in [0.25, 0.3) is 0 Å². The van der Waals surface area contributed by atoms with Crippen LogP contribution >= 0.6 is 7.82 Å². The predicted octanol–water partition coefficient (Wildman–Crippen LogP) is 19.0. The molecule has 0 saturated heterocycles. The van der Waals surface area contributed by atoms with Crippen molar-refractivity contribution in [2.45, 2.75) is 328 Å². The summed E-state index contributed by atoms with van der Waals surface area (Å²) in [5.41, 5.74) is 0. The summed E-state index contributed by atoms with van der Waals surface area (Å²) < 4.78 is 34.5. The van der Waals surface area contributed by atoms with E-state index in [0.29, 0.717) is 17.4 Å². The van der Waals surface area contributed by atoms with Crippen LogP contribution < -0.4 is 0 Å². The monoisotopic (exact) mass is 1010 g/mol. The van der Waals surface area contributed by atoms with Gasteiger partial charge < -0.3 is 18.9 Å². The van der Waals surface area contributed by atoms with E-state index in [2.05, 4.69) is 13.8 Å². The van der Waals surface area contributed by atoms with Gasteiger partial charge in [-0.1, -0.05) is 296 Å². The molecule has 1 N–H and O–H groups in total. The molecule has 0 aromatic rings. The van der Waals surface area contributed by atoms with Crippen molar-refractivity contribution < 1.29 is 42.1 Å². The summed E-state index contributed by atoms with van der Waals surface area (Å²) in [5, 5.41) is 0. The highest BCUT2D eigenvalue weighted by Crippen LogP contribution is 2.43. The molecule has 0 fully saturated rings. The van der Waals surface area contributed by atoms with Crippen LogP contribution in [0.1, 0.15) is 322 Å². The standard InChI is InChI=1S/C60H120NO8P/c1-6-8-10-12-14-16-18-20-21-22-23-24-25-26-27-28-29-30-31-32-33-34-35-36-37-38-39-41-42-44-46-48-50-52-59(62)66-56-58(57-68-70(64,65)67-55-54-61(3,4)5)69-60(63)53-51-49-47-45-43-40-19-17-15-13-11-9-7-2/h58H,6-57H2,1-5H3/p+1/t58-/m1/s1. The van der Waals surface area contributed by atoms with Crippen LogP contribution in [-0.4, -0.2) is 74.9 Å². The third kappa shape index (κ3) is 56.3. The first-order chi connectivity index (χ1) is 34.0. The number of likely N-dealkylation sites (N-methyl/N-ethyl adjacent to an activating group) is 1. The van der Waals surface area contributed by atoms with Gasteiger partial charge >= 0.3 is 19.8 Å². The molecule has 0 aliphatic heterocycles. The highest BCUT2D eigenvalue weighted by molar-refractivity contribution is 7.47. The quantitative estimate of drug-likeness (QED) is 0.0278. The predicted molar refractivity (Wildman–Crippen MR) is 298 cm³/mol. The molecule has 0 amide bonds. The molecular formula is C60H121NO8P+. The fourth-order valence-electron chi connectivity index (χ4n) is 9.37. The number of rotatable bonds is 58. The zero-order valence-electron chi connectivity index (χ0n) is 47.5. The Morgan fingerprint density at radius 3 is 0.914 bits per heavy atom. The van der Waals surface area contributed by atoms with Crippen molar-refractivity contribution in [2.24, 2.45) is 0 Å². The Balaban J connectivity index is 3.89. The van der Waals surface area contributed by atoms with Gasteiger partial charge in [-0.05, 0) is 12.8 Å². The van der Waals surface area contributed by atoms with Gasteiger partial charge in [0.1, 0.15) is 19.8 Å². The first kappa shape index (κ1) is 69.0. The number of ether oxygens (including phenoxy) is 2. The molecule has 0 heterocycles. The maximum atomic E-state index is 12.7. The minimum absolute atomic E-state index is 0.0372. The van der Waals surface area contributed by atoms with Crippen molar-refractivity contribution in [1.29, 1.82) is 0 Å². The Bertz CT molecular complexity index is 1150. The maximum Gasteiger partial charge on any atom is 0.472 e. The minimum atomic E-state index is -4.37. The van der Waals surface area contributed by atoms with Crippen molar-refractivity contribution >= 4 is 19.8 Å². The van der Waals surface area contributed by atoms with Crippen molar-refractivity contribution in [3.8, 4) is 0 Å². The number of esters is 2. The number of hydrogen-bond acceptors (Lipinski definition) is 7. The van der Waals surface area contributed by atoms with E-state index in [4.69, 9.17) is 18.5 Å². The second-order valence-corrected chi connectivity index (χ2v) is 23.9. The molecular weight excluding hydrogens is 894 g/mol. The van der Waals surface area contributed by atoms with Crippen molar-refractivity contribution in [3.05, 3.63) is 0 Å². The molecule has 2 atom stereocenters. The van der Waals surface area contributed by atoms with Gasteiger partial charge in [0, 0.05) is 12.8 Å². The number of hydrogen-bond donors (Lipinski definition) is 1. The van der Waals surface area contributed by atoms with Crippen LogP contribution in [0, 0.1) is 0 Å². The smallest absolute Gasteiger partial charge is 0.462 e. The first-order valence-electron chi connectivity index (χ1n) is 30.8. The molecule has 0 aliphatic carbocycles. The second-order valence-electron chi connectivity index (χ2n) is 22.5. The molecule has 1 unspecified atom stereocenters. The Morgan fingerprint density at radius 2 is 0.643 bits per heavy atom. The SMILES string of the molecule is CCCCCCCCCCCCCCCCCCCCCCCCCCCCCCCCCCCC(=O)OC[C@H](COP(=O)(O)OCC[N+](C)(C)C)OC(=O)CCCCCCCCCCCCCCC. The molecule has 418 valence electrons.